The van der Waals surface area contributed by atoms with E-state index < -0.39 is 0 Å². The number of carbonyl (C=O) groups is 1. The minimum absolute atomic E-state index is 0.0697. The zero-order chi connectivity index (χ0) is 16.0. The van der Waals surface area contributed by atoms with Crippen LogP contribution in [0.4, 0.5) is 0 Å². The van der Waals surface area contributed by atoms with Gasteiger partial charge in [-0.05, 0) is 19.3 Å². The first-order chi connectivity index (χ1) is 10.8. The highest BCUT2D eigenvalue weighted by molar-refractivity contribution is 5.68. The SMILES string of the molecule is CCCCCCCC[C@H]1N[C@@H]1CCCCCCCC(=O)OC. The van der Waals surface area contributed by atoms with Crippen molar-refractivity contribution in [2.24, 2.45) is 0 Å². The van der Waals surface area contributed by atoms with E-state index in [1.165, 1.54) is 77.7 Å². The molecule has 0 aromatic carbocycles. The molecule has 1 N–H and O–H groups in total. The molecule has 2 atom stereocenters. The summed E-state index contributed by atoms with van der Waals surface area (Å²) in [5.41, 5.74) is 0. The number of carbonyl (C=O) groups excluding carboxylic acids is 1. The second-order valence-electron chi connectivity index (χ2n) is 6.82. The number of hydrogen-bond acceptors (Lipinski definition) is 3. The van der Waals surface area contributed by atoms with E-state index in [1.54, 1.807) is 0 Å². The molecule has 0 spiro atoms. The predicted octanol–water partition coefficient (Wildman–Crippen LogP) is 4.98. The molecule has 130 valence electrons. The van der Waals surface area contributed by atoms with Crippen molar-refractivity contribution in [1.82, 2.24) is 5.32 Å². The Morgan fingerprint density at radius 2 is 1.32 bits per heavy atom. The smallest absolute Gasteiger partial charge is 0.305 e. The lowest BCUT2D eigenvalue weighted by molar-refractivity contribution is -0.140. The van der Waals surface area contributed by atoms with Crippen molar-refractivity contribution in [2.75, 3.05) is 7.11 Å². The summed E-state index contributed by atoms with van der Waals surface area (Å²) in [6.45, 7) is 2.28. The molecule has 0 saturated carbocycles. The van der Waals surface area contributed by atoms with Crippen molar-refractivity contribution >= 4 is 5.97 Å². The van der Waals surface area contributed by atoms with E-state index in [0.29, 0.717) is 6.42 Å². The number of methoxy groups -OCH3 is 1. The minimum Gasteiger partial charge on any atom is -0.469 e. The third-order valence-corrected chi connectivity index (χ3v) is 4.80. The van der Waals surface area contributed by atoms with E-state index in [2.05, 4.69) is 17.0 Å². The largest absolute Gasteiger partial charge is 0.469 e. The average molecular weight is 312 g/mol. The van der Waals surface area contributed by atoms with E-state index in [0.717, 1.165) is 24.9 Å². The van der Waals surface area contributed by atoms with Gasteiger partial charge in [-0.15, -0.1) is 0 Å². The Hall–Kier alpha value is -0.570. The van der Waals surface area contributed by atoms with E-state index in [-0.39, 0.29) is 5.97 Å². The Morgan fingerprint density at radius 1 is 0.818 bits per heavy atom. The van der Waals surface area contributed by atoms with Gasteiger partial charge >= 0.3 is 5.97 Å². The topological polar surface area (TPSA) is 48.2 Å². The first kappa shape index (κ1) is 19.5. The van der Waals surface area contributed by atoms with Gasteiger partial charge in [0, 0.05) is 18.5 Å². The van der Waals surface area contributed by atoms with Gasteiger partial charge in [-0.2, -0.15) is 0 Å². The Kier molecular flexibility index (Phi) is 11.4. The maximum absolute atomic E-state index is 11.0. The summed E-state index contributed by atoms with van der Waals surface area (Å²) in [7, 11) is 1.46. The molecule has 0 unspecified atom stereocenters. The normalized spacial score (nSPS) is 20.1. The third-order valence-electron chi connectivity index (χ3n) is 4.80. The zero-order valence-corrected chi connectivity index (χ0v) is 14.9. The Bertz CT molecular complexity index is 281. The molecule has 0 bridgehead atoms. The molecule has 0 aliphatic carbocycles. The van der Waals surface area contributed by atoms with Crippen LogP contribution in [0.25, 0.3) is 0 Å². The first-order valence-electron chi connectivity index (χ1n) is 9.60. The molecule has 1 aliphatic heterocycles. The van der Waals surface area contributed by atoms with E-state index >= 15 is 0 Å². The van der Waals surface area contributed by atoms with Crippen molar-refractivity contribution in [3.8, 4) is 0 Å². The molecule has 0 aromatic heterocycles. The highest BCUT2D eigenvalue weighted by atomic mass is 16.5. The van der Waals surface area contributed by atoms with Gasteiger partial charge in [0.05, 0.1) is 7.11 Å². The van der Waals surface area contributed by atoms with Crippen LogP contribution < -0.4 is 5.32 Å². The van der Waals surface area contributed by atoms with Crippen LogP contribution in [0.1, 0.15) is 96.8 Å². The van der Waals surface area contributed by atoms with E-state index in [9.17, 15) is 4.79 Å². The standard InChI is InChI=1S/C19H37NO2/c1-3-4-5-6-8-11-14-17-18(20-17)15-12-9-7-10-13-16-19(21)22-2/h17-18,20H,3-16H2,1-2H3/t17-,18-/m1/s1. The Morgan fingerprint density at radius 3 is 1.86 bits per heavy atom. The lowest BCUT2D eigenvalue weighted by Crippen LogP contribution is -1.99. The van der Waals surface area contributed by atoms with Crippen LogP contribution in [-0.4, -0.2) is 25.2 Å². The second kappa shape index (κ2) is 12.9. The summed E-state index contributed by atoms with van der Waals surface area (Å²) >= 11 is 0. The number of hydrogen-bond donors (Lipinski definition) is 1. The van der Waals surface area contributed by atoms with Crippen LogP contribution in [0, 0.1) is 0 Å². The van der Waals surface area contributed by atoms with Crippen LogP contribution >= 0.6 is 0 Å². The van der Waals surface area contributed by atoms with Crippen molar-refractivity contribution in [3.63, 3.8) is 0 Å². The summed E-state index contributed by atoms with van der Waals surface area (Å²) < 4.78 is 4.64. The van der Waals surface area contributed by atoms with Crippen molar-refractivity contribution in [3.05, 3.63) is 0 Å². The van der Waals surface area contributed by atoms with Gasteiger partial charge in [0.25, 0.3) is 0 Å². The van der Waals surface area contributed by atoms with Gasteiger partial charge < -0.3 is 10.1 Å². The lowest BCUT2D eigenvalue weighted by Gasteiger charge is -2.02. The maximum atomic E-state index is 11.0. The average Bonchev–Trinajstić information content (AvgIpc) is 3.28. The van der Waals surface area contributed by atoms with Crippen LogP contribution in [0.15, 0.2) is 0 Å². The maximum Gasteiger partial charge on any atom is 0.305 e. The first-order valence-corrected chi connectivity index (χ1v) is 9.60. The summed E-state index contributed by atoms with van der Waals surface area (Å²) in [6.07, 6.45) is 17.8. The number of nitrogens with one attached hydrogen (secondary N) is 1. The number of unbranched alkanes of at least 4 members (excludes halogenated alkanes) is 9. The highest BCUT2D eigenvalue weighted by Gasteiger charge is 2.33. The van der Waals surface area contributed by atoms with Crippen LogP contribution in [-0.2, 0) is 9.53 Å². The molecule has 1 rings (SSSR count). The van der Waals surface area contributed by atoms with Crippen molar-refractivity contribution in [1.29, 1.82) is 0 Å². The van der Waals surface area contributed by atoms with Gasteiger partial charge in [-0.25, -0.2) is 0 Å². The van der Waals surface area contributed by atoms with Crippen LogP contribution in [0.2, 0.25) is 0 Å². The molecule has 1 fully saturated rings. The molecule has 1 aliphatic rings. The van der Waals surface area contributed by atoms with E-state index in [4.69, 9.17) is 0 Å². The van der Waals surface area contributed by atoms with Gasteiger partial charge in [-0.3, -0.25) is 4.79 Å². The Balaban J connectivity index is 1.77. The molecular formula is C19H37NO2. The monoisotopic (exact) mass is 311 g/mol. The van der Waals surface area contributed by atoms with Crippen molar-refractivity contribution in [2.45, 2.75) is 109 Å². The number of rotatable bonds is 15. The predicted molar refractivity (Wildman–Crippen MR) is 93.0 cm³/mol. The minimum atomic E-state index is -0.0697. The van der Waals surface area contributed by atoms with E-state index in [1.807, 2.05) is 0 Å². The quantitative estimate of drug-likeness (QED) is 0.263. The summed E-state index contributed by atoms with van der Waals surface area (Å²) in [4.78, 5) is 11.0. The molecule has 3 nitrogen and oxygen atoms in total. The fourth-order valence-corrected chi connectivity index (χ4v) is 3.20. The number of esters is 1. The molecule has 22 heavy (non-hydrogen) atoms. The van der Waals surface area contributed by atoms with Crippen LogP contribution in [0.5, 0.6) is 0 Å². The summed E-state index contributed by atoms with van der Waals surface area (Å²) in [6, 6.07) is 1.64. The van der Waals surface area contributed by atoms with Gasteiger partial charge in [0.1, 0.15) is 0 Å². The molecule has 3 heteroatoms. The van der Waals surface area contributed by atoms with Gasteiger partial charge in [0.15, 0.2) is 0 Å². The van der Waals surface area contributed by atoms with Gasteiger partial charge in [-0.1, -0.05) is 71.1 Å². The zero-order valence-electron chi connectivity index (χ0n) is 14.9. The molecule has 0 amide bonds. The molecule has 0 aromatic rings. The molecule has 1 heterocycles. The second-order valence-corrected chi connectivity index (χ2v) is 6.82. The molecule has 0 radical (unpaired) electrons. The number of ether oxygens (including phenoxy) is 1. The fourth-order valence-electron chi connectivity index (χ4n) is 3.20. The third kappa shape index (κ3) is 10.2. The van der Waals surface area contributed by atoms with Gasteiger partial charge in [0.2, 0.25) is 0 Å². The molecular weight excluding hydrogens is 274 g/mol. The molecule has 1 saturated heterocycles. The lowest BCUT2D eigenvalue weighted by atomic mass is 10.0. The summed E-state index contributed by atoms with van der Waals surface area (Å²) in [5, 5.41) is 3.63. The summed E-state index contributed by atoms with van der Waals surface area (Å²) in [5.74, 6) is -0.0697. The van der Waals surface area contributed by atoms with Crippen LogP contribution in [0.3, 0.4) is 0 Å². The highest BCUT2D eigenvalue weighted by Crippen LogP contribution is 2.24. The fraction of sp³-hybridized carbons (Fsp3) is 0.947. The van der Waals surface area contributed by atoms with Crippen molar-refractivity contribution < 1.29 is 9.53 Å². The Labute approximate surface area is 137 Å².